The van der Waals surface area contributed by atoms with Crippen LogP contribution in [0.5, 0.6) is 0 Å². The number of carbonyl (C=O) groups is 1. The molecule has 0 aliphatic carbocycles. The van der Waals surface area contributed by atoms with Crippen molar-refractivity contribution in [1.82, 2.24) is 10.6 Å². The summed E-state index contributed by atoms with van der Waals surface area (Å²) in [6, 6.07) is 5.58. The van der Waals surface area contributed by atoms with Crippen LogP contribution in [0.2, 0.25) is 0 Å². The molecule has 2 atom stereocenters. The average Bonchev–Trinajstić information content (AvgIpc) is 2.44. The minimum absolute atomic E-state index is 0.0259. The highest BCUT2D eigenvalue weighted by Crippen LogP contribution is 2.32. The second kappa shape index (κ2) is 9.13. The maximum absolute atomic E-state index is 13.5. The largest absolute Gasteiger partial charge is 0.396 e. The molecule has 0 fully saturated rings. The van der Waals surface area contributed by atoms with Gasteiger partial charge in [0, 0.05) is 18.4 Å². The van der Waals surface area contributed by atoms with E-state index in [4.69, 9.17) is 5.11 Å². The van der Waals surface area contributed by atoms with Gasteiger partial charge in [-0.25, -0.2) is 9.18 Å². The van der Waals surface area contributed by atoms with Gasteiger partial charge in [-0.2, -0.15) is 11.8 Å². The molecule has 0 aromatic heterocycles. The molecule has 23 heavy (non-hydrogen) atoms. The molecule has 130 valence electrons. The number of carbonyl (C=O) groups excluding carboxylic acids is 1. The Bertz CT molecular complexity index is 500. The van der Waals surface area contributed by atoms with Crippen LogP contribution >= 0.6 is 11.8 Å². The van der Waals surface area contributed by atoms with Gasteiger partial charge in [-0.1, -0.05) is 32.9 Å². The number of urea groups is 1. The molecule has 2 unspecified atom stereocenters. The molecular weight excluding hydrogens is 315 g/mol. The predicted molar refractivity (Wildman–Crippen MR) is 94.1 cm³/mol. The minimum Gasteiger partial charge on any atom is -0.396 e. The molecule has 0 spiro atoms. The normalized spacial score (nSPS) is 14.2. The van der Waals surface area contributed by atoms with E-state index in [0.717, 1.165) is 11.3 Å². The van der Waals surface area contributed by atoms with Gasteiger partial charge in [0.25, 0.3) is 0 Å². The number of rotatable bonds is 7. The zero-order valence-electron chi connectivity index (χ0n) is 14.2. The van der Waals surface area contributed by atoms with Crippen LogP contribution in [0.3, 0.4) is 0 Å². The Hall–Kier alpha value is -1.27. The topological polar surface area (TPSA) is 61.4 Å². The lowest BCUT2D eigenvalue weighted by molar-refractivity contribution is 0.211. The van der Waals surface area contributed by atoms with Crippen LogP contribution in [0.25, 0.3) is 0 Å². The molecule has 0 aliphatic rings. The molecule has 1 aromatic carbocycles. The van der Waals surface area contributed by atoms with Crippen LogP contribution in [0, 0.1) is 11.2 Å². The molecule has 3 N–H and O–H groups in total. The number of aliphatic hydroxyl groups is 1. The molecule has 2 amide bonds. The van der Waals surface area contributed by atoms with Crippen molar-refractivity contribution in [2.45, 2.75) is 39.3 Å². The molecule has 0 heterocycles. The summed E-state index contributed by atoms with van der Waals surface area (Å²) in [7, 11) is 0. The standard InChI is InChI=1S/C17H27FN2O2S/c1-17(2,3)15(12-6-5-7-13(18)10-12)20-16(22)19-14(8-9-21)11-23-4/h5-7,10,14-15,21H,8-9,11H2,1-4H3,(H2,19,20,22). The average molecular weight is 342 g/mol. The summed E-state index contributed by atoms with van der Waals surface area (Å²) in [5.41, 5.74) is 0.466. The molecule has 1 aromatic rings. The Labute approximate surface area is 142 Å². The van der Waals surface area contributed by atoms with E-state index in [1.165, 1.54) is 12.1 Å². The summed E-state index contributed by atoms with van der Waals surface area (Å²) in [5.74, 6) is 0.410. The van der Waals surface area contributed by atoms with E-state index < -0.39 is 0 Å². The second-order valence-corrected chi connectivity index (χ2v) is 7.55. The van der Waals surface area contributed by atoms with E-state index in [9.17, 15) is 9.18 Å². The van der Waals surface area contributed by atoms with Gasteiger partial charge in [-0.15, -0.1) is 0 Å². The van der Waals surface area contributed by atoms with Crippen molar-refractivity contribution >= 4 is 17.8 Å². The third-order valence-corrected chi connectivity index (χ3v) is 4.24. The maximum atomic E-state index is 13.5. The van der Waals surface area contributed by atoms with Gasteiger partial charge >= 0.3 is 6.03 Å². The zero-order chi connectivity index (χ0) is 17.5. The molecule has 1 rings (SSSR count). The van der Waals surface area contributed by atoms with Crippen LogP contribution in [0.4, 0.5) is 9.18 Å². The summed E-state index contributed by atoms with van der Waals surface area (Å²) in [4.78, 5) is 12.3. The number of amides is 2. The second-order valence-electron chi connectivity index (χ2n) is 6.64. The Morgan fingerprint density at radius 1 is 1.35 bits per heavy atom. The number of nitrogens with one attached hydrogen (secondary N) is 2. The van der Waals surface area contributed by atoms with Gasteiger partial charge in [0.1, 0.15) is 5.82 Å². The third kappa shape index (κ3) is 6.79. The zero-order valence-corrected chi connectivity index (χ0v) is 15.0. The van der Waals surface area contributed by atoms with Crippen LogP contribution in [-0.2, 0) is 0 Å². The molecule has 6 heteroatoms. The van der Waals surface area contributed by atoms with E-state index in [-0.39, 0.29) is 36.0 Å². The van der Waals surface area contributed by atoms with Crippen molar-refractivity contribution in [3.8, 4) is 0 Å². The lowest BCUT2D eigenvalue weighted by Crippen LogP contribution is -2.47. The summed E-state index contributed by atoms with van der Waals surface area (Å²) in [5, 5.41) is 14.9. The first kappa shape index (κ1) is 19.8. The van der Waals surface area contributed by atoms with Crippen LogP contribution in [0.1, 0.15) is 38.8 Å². The Morgan fingerprint density at radius 3 is 2.57 bits per heavy atom. The smallest absolute Gasteiger partial charge is 0.315 e. The van der Waals surface area contributed by atoms with E-state index in [1.807, 2.05) is 33.1 Å². The lowest BCUT2D eigenvalue weighted by Gasteiger charge is -2.32. The summed E-state index contributed by atoms with van der Waals surface area (Å²) >= 11 is 1.61. The van der Waals surface area contributed by atoms with E-state index >= 15 is 0 Å². The quantitative estimate of drug-likeness (QED) is 0.712. The molecule has 0 saturated heterocycles. The number of benzene rings is 1. The fourth-order valence-corrected chi connectivity index (χ4v) is 3.05. The summed E-state index contributed by atoms with van der Waals surface area (Å²) < 4.78 is 13.5. The first-order valence-electron chi connectivity index (χ1n) is 7.70. The fraction of sp³-hybridized carbons (Fsp3) is 0.588. The van der Waals surface area contributed by atoms with Gasteiger partial charge in [0.15, 0.2) is 0 Å². The highest BCUT2D eigenvalue weighted by molar-refractivity contribution is 7.98. The number of aliphatic hydroxyl groups excluding tert-OH is 1. The van der Waals surface area contributed by atoms with Gasteiger partial charge in [-0.3, -0.25) is 0 Å². The van der Waals surface area contributed by atoms with Gasteiger partial charge in [0.2, 0.25) is 0 Å². The van der Waals surface area contributed by atoms with Gasteiger partial charge < -0.3 is 15.7 Å². The Morgan fingerprint density at radius 2 is 2.04 bits per heavy atom. The first-order chi connectivity index (χ1) is 10.8. The minimum atomic E-state index is -0.320. The van der Waals surface area contributed by atoms with E-state index in [1.54, 1.807) is 17.8 Å². The number of thioether (sulfide) groups is 1. The molecule has 0 saturated carbocycles. The monoisotopic (exact) mass is 342 g/mol. The molecule has 0 radical (unpaired) electrons. The third-order valence-electron chi connectivity index (χ3n) is 3.50. The molecular formula is C17H27FN2O2S. The van der Waals surface area contributed by atoms with Crippen molar-refractivity contribution < 1.29 is 14.3 Å². The number of hydrogen-bond acceptors (Lipinski definition) is 3. The van der Waals surface area contributed by atoms with E-state index in [0.29, 0.717) is 6.42 Å². The van der Waals surface area contributed by atoms with E-state index in [2.05, 4.69) is 10.6 Å². The molecule has 0 aliphatic heterocycles. The van der Waals surface area contributed by atoms with Crippen molar-refractivity contribution in [2.75, 3.05) is 18.6 Å². The van der Waals surface area contributed by atoms with Gasteiger partial charge in [-0.05, 0) is 35.8 Å². The van der Waals surface area contributed by atoms with Crippen LogP contribution in [0.15, 0.2) is 24.3 Å². The highest BCUT2D eigenvalue weighted by atomic mass is 32.2. The fourth-order valence-electron chi connectivity index (χ4n) is 2.40. The molecule has 4 nitrogen and oxygen atoms in total. The maximum Gasteiger partial charge on any atom is 0.315 e. The highest BCUT2D eigenvalue weighted by Gasteiger charge is 2.28. The molecule has 0 bridgehead atoms. The van der Waals surface area contributed by atoms with Crippen molar-refractivity contribution in [1.29, 1.82) is 0 Å². The number of halogens is 1. The van der Waals surface area contributed by atoms with Crippen molar-refractivity contribution in [3.63, 3.8) is 0 Å². The van der Waals surface area contributed by atoms with Gasteiger partial charge in [0.05, 0.1) is 6.04 Å². The summed E-state index contributed by atoms with van der Waals surface area (Å²) in [6.07, 6.45) is 2.46. The summed E-state index contributed by atoms with van der Waals surface area (Å²) in [6.45, 7) is 6.01. The predicted octanol–water partition coefficient (Wildman–Crippen LogP) is 3.33. The van der Waals surface area contributed by atoms with Crippen LogP contribution in [-0.4, -0.2) is 35.8 Å². The van der Waals surface area contributed by atoms with Crippen molar-refractivity contribution in [3.05, 3.63) is 35.6 Å². The Balaban J connectivity index is 2.83. The SMILES string of the molecule is CSCC(CCO)NC(=O)NC(c1cccc(F)c1)C(C)(C)C. The first-order valence-corrected chi connectivity index (χ1v) is 9.09. The van der Waals surface area contributed by atoms with Crippen LogP contribution < -0.4 is 10.6 Å². The lowest BCUT2D eigenvalue weighted by atomic mass is 9.82. The Kier molecular flexibility index (Phi) is 7.85. The number of hydrogen-bond donors (Lipinski definition) is 3. The van der Waals surface area contributed by atoms with Crippen molar-refractivity contribution in [2.24, 2.45) is 5.41 Å².